The van der Waals surface area contributed by atoms with Gasteiger partial charge in [0.2, 0.25) is 0 Å². The van der Waals surface area contributed by atoms with Crippen molar-refractivity contribution < 1.29 is 40.0 Å². The van der Waals surface area contributed by atoms with Gasteiger partial charge in [-0.25, -0.2) is 9.78 Å². The Morgan fingerprint density at radius 1 is 1.29 bits per heavy atom. The topological polar surface area (TPSA) is 125 Å². The summed E-state index contributed by atoms with van der Waals surface area (Å²) >= 11 is 0.0661. The van der Waals surface area contributed by atoms with E-state index in [9.17, 15) is 35.1 Å². The van der Waals surface area contributed by atoms with Gasteiger partial charge in [0.25, 0.3) is 0 Å². The molecule has 3 aromatic heterocycles. The Labute approximate surface area is 243 Å². The van der Waals surface area contributed by atoms with Gasteiger partial charge in [-0.15, -0.1) is 22.7 Å². The largest absolute Gasteiger partial charge is 0.772 e. The number of hydrogen-bond donors (Lipinski definition) is 0. The number of nitrogens with zero attached hydrogens (tertiary/aromatic N) is 4. The highest BCUT2D eigenvalue weighted by Crippen LogP contribution is 2.38. The first kappa shape index (κ1) is 29.7. The lowest BCUT2D eigenvalue weighted by molar-refractivity contribution is -0.199. The number of carbonyl (C=O) groups is 1. The molecule has 2 atom stereocenters. The maximum absolute atomic E-state index is 13.4. The van der Waals surface area contributed by atoms with Gasteiger partial charge in [-0.3, -0.25) is 9.11 Å². The molecular weight excluding hydrogens is 626 g/mol. The number of thiophene rings is 1. The second-order valence-corrected chi connectivity index (χ2v) is 14.3. The number of thiazole rings is 1. The fourth-order valence-corrected chi connectivity index (χ4v) is 8.65. The molecule has 41 heavy (non-hydrogen) atoms. The van der Waals surface area contributed by atoms with Crippen LogP contribution in [0.2, 0.25) is 0 Å². The van der Waals surface area contributed by atoms with Crippen molar-refractivity contribution in [2.75, 3.05) is 23.3 Å². The number of rotatable bonds is 9. The predicted molar refractivity (Wildman–Crippen MR) is 147 cm³/mol. The SMILES string of the molecule is Cn1c(-c2ncc(CN3CCC(CS(=O)[O-])C3)s2)cc2cccc(N(OC(=O)C(F)(F)F)S(=O)(=O)c3cccs3)c21. The number of para-hydroxylation sites is 1. The highest BCUT2D eigenvalue weighted by atomic mass is 32.2. The van der Waals surface area contributed by atoms with Crippen LogP contribution < -0.4 is 4.47 Å². The molecule has 0 bridgehead atoms. The van der Waals surface area contributed by atoms with E-state index in [4.69, 9.17) is 0 Å². The van der Waals surface area contributed by atoms with Crippen molar-refractivity contribution in [3.8, 4) is 10.7 Å². The molecule has 1 aliphatic heterocycles. The molecule has 1 aromatic carbocycles. The summed E-state index contributed by atoms with van der Waals surface area (Å²) in [4.78, 5) is 23.9. The zero-order valence-electron chi connectivity index (χ0n) is 21.2. The van der Waals surface area contributed by atoms with E-state index in [-0.39, 0.29) is 31.6 Å². The summed E-state index contributed by atoms with van der Waals surface area (Å²) in [5.74, 6) is -2.48. The second-order valence-electron chi connectivity index (χ2n) is 9.34. The minimum Gasteiger partial charge on any atom is -0.772 e. The van der Waals surface area contributed by atoms with E-state index < -0.39 is 33.2 Å². The van der Waals surface area contributed by atoms with E-state index >= 15 is 0 Å². The van der Waals surface area contributed by atoms with Gasteiger partial charge in [-0.2, -0.15) is 21.6 Å². The number of anilines is 1. The molecule has 220 valence electrons. The summed E-state index contributed by atoms with van der Waals surface area (Å²) in [6.07, 6.45) is -2.94. The van der Waals surface area contributed by atoms with E-state index in [2.05, 4.69) is 14.7 Å². The number of alkyl halides is 3. The van der Waals surface area contributed by atoms with Crippen LogP contribution in [0.3, 0.4) is 0 Å². The summed E-state index contributed by atoms with van der Waals surface area (Å²) in [6, 6.07) is 8.69. The summed E-state index contributed by atoms with van der Waals surface area (Å²) in [5, 5.41) is 2.51. The number of aryl methyl sites for hydroxylation is 1. The Kier molecular flexibility index (Phi) is 8.28. The normalized spacial score (nSPS) is 17.2. The minimum absolute atomic E-state index is 0.0206. The van der Waals surface area contributed by atoms with Crippen molar-refractivity contribution >= 4 is 66.3 Å². The van der Waals surface area contributed by atoms with Crippen molar-refractivity contribution in [3.63, 3.8) is 0 Å². The molecule has 0 amide bonds. The predicted octanol–water partition coefficient (Wildman–Crippen LogP) is 4.28. The van der Waals surface area contributed by atoms with Gasteiger partial charge in [-0.1, -0.05) is 33.7 Å². The first-order valence-corrected chi connectivity index (χ1v) is 16.4. The van der Waals surface area contributed by atoms with E-state index in [0.717, 1.165) is 29.2 Å². The van der Waals surface area contributed by atoms with Gasteiger partial charge < -0.3 is 14.0 Å². The molecule has 1 saturated heterocycles. The first-order valence-electron chi connectivity index (χ1n) is 12.0. The maximum atomic E-state index is 13.4. The van der Waals surface area contributed by atoms with Gasteiger partial charge in [-0.05, 0) is 42.5 Å². The Morgan fingerprint density at radius 3 is 2.76 bits per heavy atom. The maximum Gasteiger partial charge on any atom is 0.493 e. The number of fused-ring (bicyclic) bond motifs is 1. The number of halogens is 3. The van der Waals surface area contributed by atoms with Crippen molar-refractivity contribution in [2.24, 2.45) is 13.0 Å². The smallest absolute Gasteiger partial charge is 0.493 e. The van der Waals surface area contributed by atoms with Crippen LogP contribution in [0, 0.1) is 5.92 Å². The van der Waals surface area contributed by atoms with Gasteiger partial charge in [0, 0.05) is 42.4 Å². The van der Waals surface area contributed by atoms with Crippen LogP contribution in [0.4, 0.5) is 18.9 Å². The van der Waals surface area contributed by atoms with Gasteiger partial charge in [0.15, 0.2) is 0 Å². The lowest BCUT2D eigenvalue weighted by Crippen LogP contribution is -2.38. The van der Waals surface area contributed by atoms with Crippen molar-refractivity contribution in [1.29, 1.82) is 0 Å². The van der Waals surface area contributed by atoms with E-state index in [1.54, 1.807) is 29.9 Å². The highest BCUT2D eigenvalue weighted by Gasteiger charge is 2.45. The minimum atomic E-state index is -5.44. The van der Waals surface area contributed by atoms with Crippen LogP contribution >= 0.6 is 22.7 Å². The molecule has 0 N–H and O–H groups in total. The van der Waals surface area contributed by atoms with Crippen LogP contribution in [0.15, 0.2) is 52.2 Å². The Hall–Kier alpha value is -2.83. The van der Waals surface area contributed by atoms with E-state index in [0.29, 0.717) is 29.2 Å². The highest BCUT2D eigenvalue weighted by molar-refractivity contribution is 7.94. The zero-order valence-corrected chi connectivity index (χ0v) is 24.5. The molecule has 4 heterocycles. The molecule has 1 fully saturated rings. The molecule has 0 spiro atoms. The Balaban J connectivity index is 1.49. The third-order valence-corrected chi connectivity index (χ3v) is 11.2. The molecule has 0 aliphatic carbocycles. The molecule has 17 heteroatoms. The summed E-state index contributed by atoms with van der Waals surface area (Å²) < 4.78 is 89.6. The monoisotopic (exact) mass is 647 g/mol. The van der Waals surface area contributed by atoms with E-state index in [1.165, 1.54) is 41.0 Å². The molecular formula is C24H22F3N4O6S4-. The van der Waals surface area contributed by atoms with Crippen LogP contribution in [0.5, 0.6) is 0 Å². The van der Waals surface area contributed by atoms with Crippen LogP contribution in [0.25, 0.3) is 21.6 Å². The van der Waals surface area contributed by atoms with Crippen molar-refractivity contribution in [2.45, 2.75) is 23.4 Å². The second kappa shape index (κ2) is 11.4. The number of aromatic nitrogens is 2. The molecule has 4 aromatic rings. The number of likely N-dealkylation sites (tertiary alicyclic amines) is 1. The standard InChI is InChI=1S/C24H23F3N4O6S4/c1-29-19(22-28-11-17(39-22)13-30-8-7-15(12-30)14-40(33)34)10-16-4-2-5-18(21(16)29)31(37-23(32)24(25,26)27)41(35,36)20-6-3-9-38-20/h2-6,9-11,15H,7-8,12-14H2,1H3,(H,33,34)/p-1. The fraction of sp³-hybridized carbons (Fsp3) is 0.333. The Bertz CT molecular complexity index is 1700. The summed E-state index contributed by atoms with van der Waals surface area (Å²) in [7, 11) is -3.10. The number of sulfonamides is 1. The Morgan fingerprint density at radius 2 is 2.07 bits per heavy atom. The third kappa shape index (κ3) is 6.19. The zero-order chi connectivity index (χ0) is 29.5. The summed E-state index contributed by atoms with van der Waals surface area (Å²) in [6.45, 7) is 2.00. The lowest BCUT2D eigenvalue weighted by Gasteiger charge is -2.23. The van der Waals surface area contributed by atoms with Crippen molar-refractivity contribution in [3.05, 3.63) is 52.9 Å². The average molecular weight is 648 g/mol. The van der Waals surface area contributed by atoms with Crippen LogP contribution in [-0.2, 0) is 44.3 Å². The van der Waals surface area contributed by atoms with Crippen molar-refractivity contribution in [1.82, 2.24) is 14.5 Å². The fourth-order valence-electron chi connectivity index (χ4n) is 4.70. The molecule has 0 saturated carbocycles. The molecule has 5 rings (SSSR count). The lowest BCUT2D eigenvalue weighted by atomic mass is 10.2. The average Bonchev–Trinajstić information content (AvgIpc) is 3.70. The first-order chi connectivity index (χ1) is 19.3. The quantitative estimate of drug-likeness (QED) is 0.195. The van der Waals surface area contributed by atoms with E-state index in [1.807, 2.05) is 0 Å². The molecule has 10 nitrogen and oxygen atoms in total. The van der Waals surface area contributed by atoms with Crippen LogP contribution in [0.1, 0.15) is 11.3 Å². The number of benzene rings is 1. The number of hydrogen-bond acceptors (Lipinski definition) is 10. The van der Waals surface area contributed by atoms with Crippen LogP contribution in [-0.4, -0.2) is 62.6 Å². The molecule has 0 radical (unpaired) electrons. The summed E-state index contributed by atoms with van der Waals surface area (Å²) in [5.41, 5.74) is 0.501. The number of carbonyl (C=O) groups excluding carboxylic acids is 1. The van der Waals surface area contributed by atoms with Gasteiger partial charge in [0.05, 0.1) is 11.2 Å². The third-order valence-electron chi connectivity index (χ3n) is 6.49. The molecule has 2 unspecified atom stereocenters. The van der Waals surface area contributed by atoms with Gasteiger partial charge in [0.1, 0.15) is 14.9 Å². The molecule has 1 aliphatic rings. The van der Waals surface area contributed by atoms with Gasteiger partial charge >= 0.3 is 22.2 Å².